The number of alkyl halides is 3. The molecule has 0 atom stereocenters. The van der Waals surface area contributed by atoms with E-state index < -0.39 is 17.6 Å². The highest BCUT2D eigenvalue weighted by Crippen LogP contribution is 2.34. The van der Waals surface area contributed by atoms with Crippen LogP contribution in [0.5, 0.6) is 0 Å². The van der Waals surface area contributed by atoms with Gasteiger partial charge in [-0.3, -0.25) is 14.2 Å². The molecular weight excluding hydrogens is 573 g/mol. The third-order valence-electron chi connectivity index (χ3n) is 6.55. The van der Waals surface area contributed by atoms with Crippen LogP contribution < -0.4 is 10.9 Å². The average Bonchev–Trinajstić information content (AvgIpc) is 3.29. The lowest BCUT2D eigenvalue weighted by Gasteiger charge is -2.14. The molecule has 6 nitrogen and oxygen atoms in total. The normalized spacial score (nSPS) is 11.7. The number of amides is 1. The highest BCUT2D eigenvalue weighted by molar-refractivity contribution is 7.99. The molecule has 3 aromatic carbocycles. The second-order valence-electron chi connectivity index (χ2n) is 9.30. The number of nitrogens with one attached hydrogen (secondary N) is 1. The summed E-state index contributed by atoms with van der Waals surface area (Å²) in [4.78, 5) is 31.7. The number of carbonyl (C=O) groups excluding carboxylic acids is 1. The van der Waals surface area contributed by atoms with Crippen molar-refractivity contribution >= 4 is 46.0 Å². The number of halogens is 4. The van der Waals surface area contributed by atoms with E-state index in [1.807, 2.05) is 67.7 Å². The van der Waals surface area contributed by atoms with Crippen LogP contribution in [0.2, 0.25) is 5.02 Å². The first-order valence-electron chi connectivity index (χ1n) is 12.6. The topological polar surface area (TPSA) is 68.9 Å². The number of hydrogen-bond acceptors (Lipinski definition) is 4. The van der Waals surface area contributed by atoms with Crippen molar-refractivity contribution in [2.75, 3.05) is 11.1 Å². The largest absolute Gasteiger partial charge is 0.416 e. The highest BCUT2D eigenvalue weighted by Gasteiger charge is 2.31. The van der Waals surface area contributed by atoms with Crippen molar-refractivity contribution in [3.8, 4) is 16.8 Å². The minimum absolute atomic E-state index is 0.0272. The van der Waals surface area contributed by atoms with E-state index in [0.717, 1.165) is 53.1 Å². The van der Waals surface area contributed by atoms with Crippen molar-refractivity contribution < 1.29 is 18.0 Å². The Morgan fingerprint density at radius 3 is 2.41 bits per heavy atom. The van der Waals surface area contributed by atoms with Crippen molar-refractivity contribution in [1.29, 1.82) is 0 Å². The van der Waals surface area contributed by atoms with E-state index in [0.29, 0.717) is 16.7 Å². The maximum Gasteiger partial charge on any atom is 0.416 e. The number of fused-ring (bicyclic) bond motifs is 1. The maximum atomic E-state index is 13.9. The van der Waals surface area contributed by atoms with Crippen LogP contribution in [0.25, 0.3) is 27.8 Å². The van der Waals surface area contributed by atoms with Crippen LogP contribution in [0, 0.1) is 0 Å². The Kier molecular flexibility index (Phi) is 7.97. The lowest BCUT2D eigenvalue weighted by molar-refractivity contribution is -0.137. The first kappa shape index (κ1) is 28.5. The molecule has 41 heavy (non-hydrogen) atoms. The monoisotopic (exact) mass is 596 g/mol. The van der Waals surface area contributed by atoms with Gasteiger partial charge in [-0.1, -0.05) is 72.8 Å². The number of hydrogen-bond donors (Lipinski definition) is 1. The van der Waals surface area contributed by atoms with Gasteiger partial charge in [0.2, 0.25) is 5.91 Å². The molecule has 0 aliphatic rings. The minimum atomic E-state index is -4.59. The SMILES string of the molecule is CCc1ccc(-n2c(SCC(=O)Nc3cc(C(F)(F)F)ccc3Cl)nc3c(-c4ccccc4)cn(C)c3c2=O)cc1. The zero-order valence-corrected chi connectivity index (χ0v) is 23.6. The lowest BCUT2D eigenvalue weighted by Crippen LogP contribution is -2.24. The summed E-state index contributed by atoms with van der Waals surface area (Å²) in [5.41, 5.74) is 2.78. The summed E-state index contributed by atoms with van der Waals surface area (Å²) in [5, 5.41) is 2.69. The van der Waals surface area contributed by atoms with Crippen molar-refractivity contribution in [3.63, 3.8) is 0 Å². The zero-order valence-electron chi connectivity index (χ0n) is 22.0. The fourth-order valence-electron chi connectivity index (χ4n) is 4.47. The number of nitrogens with zero attached hydrogens (tertiary/aromatic N) is 3. The van der Waals surface area contributed by atoms with Gasteiger partial charge in [-0.05, 0) is 47.9 Å². The molecule has 0 spiro atoms. The molecule has 5 aromatic rings. The summed E-state index contributed by atoms with van der Waals surface area (Å²) in [7, 11) is 1.78. The second kappa shape index (κ2) is 11.5. The quantitative estimate of drug-likeness (QED) is 0.157. The summed E-state index contributed by atoms with van der Waals surface area (Å²) < 4.78 is 42.7. The predicted molar refractivity (Wildman–Crippen MR) is 157 cm³/mol. The Balaban J connectivity index is 1.55. The zero-order chi connectivity index (χ0) is 29.3. The van der Waals surface area contributed by atoms with Crippen molar-refractivity contribution in [3.05, 3.63) is 105 Å². The van der Waals surface area contributed by atoms with Crippen LogP contribution in [-0.2, 0) is 24.4 Å². The molecule has 0 radical (unpaired) electrons. The van der Waals surface area contributed by atoms with E-state index in [2.05, 4.69) is 5.32 Å². The summed E-state index contributed by atoms with van der Waals surface area (Å²) in [6.45, 7) is 2.03. The molecule has 0 aliphatic heterocycles. The molecule has 1 amide bonds. The lowest BCUT2D eigenvalue weighted by atomic mass is 10.1. The first-order valence-corrected chi connectivity index (χ1v) is 14.0. The van der Waals surface area contributed by atoms with Gasteiger partial charge in [0.25, 0.3) is 5.56 Å². The van der Waals surface area contributed by atoms with E-state index >= 15 is 0 Å². The highest BCUT2D eigenvalue weighted by atomic mass is 35.5. The van der Waals surface area contributed by atoms with Gasteiger partial charge < -0.3 is 9.88 Å². The number of aryl methyl sites for hydroxylation is 2. The molecule has 2 heterocycles. The van der Waals surface area contributed by atoms with E-state index in [4.69, 9.17) is 16.6 Å². The Hall–Kier alpha value is -4.02. The van der Waals surface area contributed by atoms with Crippen LogP contribution in [0.1, 0.15) is 18.1 Å². The third-order valence-corrected chi connectivity index (χ3v) is 7.82. The van der Waals surface area contributed by atoms with Crippen molar-refractivity contribution in [2.24, 2.45) is 7.05 Å². The fraction of sp³-hybridized carbons (Fsp3) is 0.167. The Morgan fingerprint density at radius 2 is 1.76 bits per heavy atom. The molecule has 0 bridgehead atoms. The Bertz CT molecular complexity index is 1800. The van der Waals surface area contributed by atoms with Gasteiger partial charge >= 0.3 is 6.18 Å². The molecule has 0 unspecified atom stereocenters. The van der Waals surface area contributed by atoms with Crippen LogP contribution in [0.4, 0.5) is 18.9 Å². The van der Waals surface area contributed by atoms with E-state index in [9.17, 15) is 22.8 Å². The van der Waals surface area contributed by atoms with E-state index in [-0.39, 0.29) is 27.2 Å². The number of carbonyl (C=O) groups is 1. The number of aromatic nitrogens is 3. The number of thioether (sulfide) groups is 1. The number of anilines is 1. The van der Waals surface area contributed by atoms with Gasteiger partial charge in [-0.2, -0.15) is 13.2 Å². The average molecular weight is 597 g/mol. The van der Waals surface area contributed by atoms with E-state index in [1.165, 1.54) is 4.57 Å². The minimum Gasteiger partial charge on any atom is -0.344 e. The molecule has 5 rings (SSSR count). The molecule has 0 saturated heterocycles. The van der Waals surface area contributed by atoms with Gasteiger partial charge in [0.05, 0.1) is 27.7 Å². The van der Waals surface area contributed by atoms with Crippen LogP contribution in [0.3, 0.4) is 0 Å². The molecule has 0 saturated carbocycles. The number of rotatable bonds is 7. The molecule has 1 N–H and O–H groups in total. The smallest absolute Gasteiger partial charge is 0.344 e. The van der Waals surface area contributed by atoms with Gasteiger partial charge in [0, 0.05) is 18.8 Å². The van der Waals surface area contributed by atoms with Gasteiger partial charge in [-0.25, -0.2) is 4.98 Å². The standard InChI is InChI=1S/C30H24ClF3N4O2S/c1-3-18-9-12-21(13-10-18)38-28(40)27-26(22(16-37(27)2)19-7-5-4-6-8-19)36-29(38)41-17-25(39)35-24-15-20(30(32,33)34)11-14-23(24)31/h4-16H,3,17H2,1-2H3,(H,35,39). The molecule has 2 aromatic heterocycles. The van der Waals surface area contributed by atoms with Crippen LogP contribution in [-0.4, -0.2) is 25.8 Å². The summed E-state index contributed by atoms with van der Waals surface area (Å²) in [6, 6.07) is 19.7. The first-order chi connectivity index (χ1) is 19.6. The Morgan fingerprint density at radius 1 is 1.05 bits per heavy atom. The van der Waals surface area contributed by atoms with Crippen LogP contribution >= 0.6 is 23.4 Å². The molecule has 210 valence electrons. The second-order valence-corrected chi connectivity index (χ2v) is 10.7. The number of benzene rings is 3. The predicted octanol–water partition coefficient (Wildman–Crippen LogP) is 7.36. The summed E-state index contributed by atoms with van der Waals surface area (Å²) in [5.74, 6) is -0.833. The van der Waals surface area contributed by atoms with Gasteiger partial charge in [0.1, 0.15) is 11.0 Å². The molecule has 11 heteroatoms. The van der Waals surface area contributed by atoms with Crippen LogP contribution in [0.15, 0.2) is 88.9 Å². The Labute approximate surface area is 242 Å². The molecule has 0 fully saturated rings. The van der Waals surface area contributed by atoms with E-state index in [1.54, 1.807) is 11.6 Å². The third kappa shape index (κ3) is 5.89. The maximum absolute atomic E-state index is 13.9. The molecular formula is C30H24ClF3N4O2S. The summed E-state index contributed by atoms with van der Waals surface area (Å²) in [6.07, 6.45) is -1.92. The molecule has 0 aliphatic carbocycles. The van der Waals surface area contributed by atoms with Gasteiger partial charge in [-0.15, -0.1) is 0 Å². The van der Waals surface area contributed by atoms with Crippen molar-refractivity contribution in [2.45, 2.75) is 24.7 Å². The van der Waals surface area contributed by atoms with Gasteiger partial charge in [0.15, 0.2) is 5.16 Å². The van der Waals surface area contributed by atoms with Crippen molar-refractivity contribution in [1.82, 2.24) is 14.1 Å². The summed E-state index contributed by atoms with van der Waals surface area (Å²) >= 11 is 7.05. The fourth-order valence-corrected chi connectivity index (χ4v) is 5.44.